The van der Waals surface area contributed by atoms with Gasteiger partial charge in [0.25, 0.3) is 0 Å². The number of rotatable bonds is 8. The fourth-order valence-corrected chi connectivity index (χ4v) is 2.91. The molecular formula is C15H25NO3S. The van der Waals surface area contributed by atoms with Crippen molar-refractivity contribution < 1.29 is 13.5 Å². The predicted octanol–water partition coefficient (Wildman–Crippen LogP) is 2.64. The summed E-state index contributed by atoms with van der Waals surface area (Å²) >= 11 is 0. The zero-order chi connectivity index (χ0) is 15.2. The molecule has 0 aliphatic heterocycles. The van der Waals surface area contributed by atoms with Crippen molar-refractivity contribution in [1.82, 2.24) is 4.72 Å². The summed E-state index contributed by atoms with van der Waals surface area (Å²) in [6, 6.07) is 7.01. The van der Waals surface area contributed by atoms with Crippen molar-refractivity contribution in [3.05, 3.63) is 29.8 Å². The first-order chi connectivity index (χ1) is 9.40. The van der Waals surface area contributed by atoms with Crippen LogP contribution in [-0.4, -0.2) is 26.2 Å². The molecule has 114 valence electrons. The van der Waals surface area contributed by atoms with Gasteiger partial charge < -0.3 is 5.11 Å². The lowest BCUT2D eigenvalue weighted by Gasteiger charge is -2.12. The molecule has 0 spiro atoms. The van der Waals surface area contributed by atoms with Gasteiger partial charge in [0, 0.05) is 6.54 Å². The minimum atomic E-state index is -3.47. The number of benzene rings is 1. The highest BCUT2D eigenvalue weighted by molar-refractivity contribution is 7.89. The Balaban J connectivity index is 2.68. The van der Waals surface area contributed by atoms with E-state index in [4.69, 9.17) is 0 Å². The maximum absolute atomic E-state index is 12.1. The third-order valence-corrected chi connectivity index (χ3v) is 5.09. The van der Waals surface area contributed by atoms with Crippen molar-refractivity contribution in [2.24, 2.45) is 0 Å². The van der Waals surface area contributed by atoms with E-state index in [0.717, 1.165) is 12.0 Å². The van der Waals surface area contributed by atoms with Gasteiger partial charge in [0.05, 0.1) is 11.0 Å². The Bertz CT molecular complexity index is 496. The van der Waals surface area contributed by atoms with E-state index in [1.165, 1.54) is 0 Å². The van der Waals surface area contributed by atoms with Crippen LogP contribution in [0.1, 0.15) is 51.5 Å². The largest absolute Gasteiger partial charge is 0.393 e. The van der Waals surface area contributed by atoms with Gasteiger partial charge in [0.2, 0.25) is 10.0 Å². The van der Waals surface area contributed by atoms with E-state index in [-0.39, 0.29) is 11.4 Å². The molecule has 0 heterocycles. The monoisotopic (exact) mass is 299 g/mol. The smallest absolute Gasteiger partial charge is 0.240 e. The van der Waals surface area contributed by atoms with Crippen molar-refractivity contribution in [2.45, 2.75) is 57.0 Å². The molecule has 4 nitrogen and oxygen atoms in total. The Morgan fingerprint density at radius 3 is 2.25 bits per heavy atom. The average Bonchev–Trinajstić information content (AvgIpc) is 2.46. The predicted molar refractivity (Wildman–Crippen MR) is 81.3 cm³/mol. The van der Waals surface area contributed by atoms with E-state index in [1.54, 1.807) is 12.1 Å². The van der Waals surface area contributed by atoms with Crippen molar-refractivity contribution in [2.75, 3.05) is 6.54 Å². The highest BCUT2D eigenvalue weighted by atomic mass is 32.2. The van der Waals surface area contributed by atoms with E-state index >= 15 is 0 Å². The Morgan fingerprint density at radius 2 is 1.75 bits per heavy atom. The summed E-state index contributed by atoms with van der Waals surface area (Å²) in [7, 11) is -3.47. The zero-order valence-corrected chi connectivity index (χ0v) is 13.3. The first kappa shape index (κ1) is 17.1. The van der Waals surface area contributed by atoms with Crippen LogP contribution in [0.4, 0.5) is 0 Å². The highest BCUT2D eigenvalue weighted by Gasteiger charge is 2.14. The molecule has 0 amide bonds. The molecule has 0 radical (unpaired) electrons. The van der Waals surface area contributed by atoms with Gasteiger partial charge in [-0.15, -0.1) is 0 Å². The summed E-state index contributed by atoms with van der Waals surface area (Å²) in [5.41, 5.74) is 1.15. The van der Waals surface area contributed by atoms with Gasteiger partial charge in [-0.05, 0) is 42.9 Å². The zero-order valence-electron chi connectivity index (χ0n) is 12.5. The molecule has 1 aromatic carbocycles. The summed E-state index contributed by atoms with van der Waals surface area (Å²) in [6.07, 6.45) is 1.64. The highest BCUT2D eigenvalue weighted by Crippen LogP contribution is 2.20. The Kier molecular flexibility index (Phi) is 6.65. The van der Waals surface area contributed by atoms with E-state index in [0.29, 0.717) is 18.8 Å². The van der Waals surface area contributed by atoms with Gasteiger partial charge in [0.1, 0.15) is 0 Å². The Labute approximate surface area is 122 Å². The van der Waals surface area contributed by atoms with Gasteiger partial charge >= 0.3 is 0 Å². The fourth-order valence-electron chi connectivity index (χ4n) is 1.86. The first-order valence-electron chi connectivity index (χ1n) is 7.18. The third kappa shape index (κ3) is 4.89. The molecule has 0 saturated carbocycles. The molecule has 2 atom stereocenters. The van der Waals surface area contributed by atoms with Crippen molar-refractivity contribution in [3.8, 4) is 0 Å². The minimum absolute atomic E-state index is 0.254. The molecular weight excluding hydrogens is 274 g/mol. The van der Waals surface area contributed by atoms with Crippen molar-refractivity contribution >= 4 is 10.0 Å². The lowest BCUT2D eigenvalue weighted by atomic mass is 9.99. The molecule has 0 bridgehead atoms. The normalized spacial score (nSPS) is 15.0. The maximum Gasteiger partial charge on any atom is 0.240 e. The second-order valence-corrected chi connectivity index (χ2v) is 6.89. The standard InChI is InChI=1S/C15H25NO3S/c1-4-12(3)13-6-8-15(9-7-13)20(18,19)16-11-10-14(17)5-2/h6-9,12,14,16-17H,4-5,10-11H2,1-3H3. The van der Waals surface area contributed by atoms with Crippen LogP contribution >= 0.6 is 0 Å². The van der Waals surface area contributed by atoms with E-state index < -0.39 is 16.1 Å². The molecule has 0 aliphatic rings. The molecule has 1 rings (SSSR count). The minimum Gasteiger partial charge on any atom is -0.393 e. The first-order valence-corrected chi connectivity index (χ1v) is 8.66. The summed E-state index contributed by atoms with van der Waals surface area (Å²) in [5, 5.41) is 9.42. The summed E-state index contributed by atoms with van der Waals surface area (Å²) < 4.78 is 26.6. The molecule has 0 aliphatic carbocycles. The summed E-state index contributed by atoms with van der Waals surface area (Å²) in [4.78, 5) is 0.274. The topological polar surface area (TPSA) is 66.4 Å². The van der Waals surface area contributed by atoms with Crippen molar-refractivity contribution in [3.63, 3.8) is 0 Å². The lowest BCUT2D eigenvalue weighted by Crippen LogP contribution is -2.27. The van der Waals surface area contributed by atoms with E-state index in [9.17, 15) is 13.5 Å². The van der Waals surface area contributed by atoms with Gasteiger partial charge in [-0.1, -0.05) is 32.9 Å². The SMILES string of the molecule is CCC(O)CCNS(=O)(=O)c1ccc(C(C)CC)cc1. The van der Waals surface area contributed by atoms with Gasteiger partial charge in [-0.25, -0.2) is 13.1 Å². The molecule has 2 unspecified atom stereocenters. The quantitative estimate of drug-likeness (QED) is 0.775. The van der Waals surface area contributed by atoms with Crippen LogP contribution in [-0.2, 0) is 10.0 Å². The summed E-state index contributed by atoms with van der Waals surface area (Å²) in [6.45, 7) is 6.35. The maximum atomic E-state index is 12.1. The van der Waals surface area contributed by atoms with Crippen LogP contribution < -0.4 is 4.72 Å². The Hall–Kier alpha value is -0.910. The molecule has 0 fully saturated rings. The summed E-state index contributed by atoms with van der Waals surface area (Å²) in [5.74, 6) is 0.430. The third-order valence-electron chi connectivity index (χ3n) is 3.61. The van der Waals surface area contributed by atoms with E-state index in [1.807, 2.05) is 19.1 Å². The van der Waals surface area contributed by atoms with Gasteiger partial charge in [-0.2, -0.15) is 0 Å². The number of hydrogen-bond donors (Lipinski definition) is 2. The number of hydrogen-bond acceptors (Lipinski definition) is 3. The van der Waals surface area contributed by atoms with Gasteiger partial charge in [-0.3, -0.25) is 0 Å². The van der Waals surface area contributed by atoms with Crippen LogP contribution in [0, 0.1) is 0 Å². The Morgan fingerprint density at radius 1 is 1.15 bits per heavy atom. The number of sulfonamides is 1. The average molecular weight is 299 g/mol. The number of aliphatic hydroxyl groups excluding tert-OH is 1. The second-order valence-electron chi connectivity index (χ2n) is 5.13. The van der Waals surface area contributed by atoms with Crippen LogP contribution in [0.3, 0.4) is 0 Å². The number of aliphatic hydroxyl groups is 1. The van der Waals surface area contributed by atoms with Crippen LogP contribution in [0.5, 0.6) is 0 Å². The fraction of sp³-hybridized carbons (Fsp3) is 0.600. The van der Waals surface area contributed by atoms with Crippen LogP contribution in [0.15, 0.2) is 29.2 Å². The second kappa shape index (κ2) is 7.76. The van der Waals surface area contributed by atoms with E-state index in [2.05, 4.69) is 18.6 Å². The van der Waals surface area contributed by atoms with Crippen molar-refractivity contribution in [1.29, 1.82) is 0 Å². The molecule has 2 N–H and O–H groups in total. The number of nitrogens with one attached hydrogen (secondary N) is 1. The molecule has 20 heavy (non-hydrogen) atoms. The molecule has 0 saturated heterocycles. The lowest BCUT2D eigenvalue weighted by molar-refractivity contribution is 0.162. The van der Waals surface area contributed by atoms with Crippen LogP contribution in [0.25, 0.3) is 0 Å². The van der Waals surface area contributed by atoms with Gasteiger partial charge in [0.15, 0.2) is 0 Å². The molecule has 5 heteroatoms. The van der Waals surface area contributed by atoms with Crippen LogP contribution in [0.2, 0.25) is 0 Å². The molecule has 1 aromatic rings. The molecule has 0 aromatic heterocycles.